The fourth-order valence-corrected chi connectivity index (χ4v) is 4.05. The van der Waals surface area contributed by atoms with Crippen LogP contribution in [0.2, 0.25) is 0 Å². The first-order valence-corrected chi connectivity index (χ1v) is 10.2. The van der Waals surface area contributed by atoms with Crippen molar-refractivity contribution >= 4 is 34.7 Å². The van der Waals surface area contributed by atoms with Gasteiger partial charge in [-0.3, -0.25) is 4.79 Å². The molecule has 0 saturated carbocycles. The van der Waals surface area contributed by atoms with Crippen LogP contribution in [0, 0.1) is 6.92 Å². The first-order valence-electron chi connectivity index (χ1n) is 8.54. The minimum atomic E-state index is -0.219. The number of aryl methyl sites for hydroxylation is 2. The lowest BCUT2D eigenvalue weighted by molar-refractivity contribution is 0.102. The highest BCUT2D eigenvalue weighted by atomic mass is 32.2. The molecule has 0 fully saturated rings. The van der Waals surface area contributed by atoms with Crippen molar-refractivity contribution in [2.45, 2.75) is 17.0 Å². The predicted molar refractivity (Wildman–Crippen MR) is 112 cm³/mol. The van der Waals surface area contributed by atoms with Crippen molar-refractivity contribution in [3.8, 4) is 10.6 Å². The fraction of sp³-hybridized carbons (Fsp3) is 0.100. The molecule has 1 amide bonds. The normalized spacial score (nSPS) is 10.8. The summed E-state index contributed by atoms with van der Waals surface area (Å²) >= 11 is 2.98. The number of nitrogens with one attached hydrogen (secondary N) is 1. The van der Waals surface area contributed by atoms with Crippen LogP contribution in [0.25, 0.3) is 10.6 Å². The van der Waals surface area contributed by atoms with E-state index in [1.54, 1.807) is 11.7 Å². The monoisotopic (exact) mass is 407 g/mol. The van der Waals surface area contributed by atoms with E-state index in [4.69, 9.17) is 0 Å². The standard InChI is InChI=1S/C20H17N5OS2/c1-13-3-5-14(6-4-13)19-23-17(11-27-19)18(26)22-15-7-9-16(10-8-15)28-20-24-21-12-25(20)2/h3-12H,1-2H3,(H,22,26). The molecule has 8 heteroatoms. The van der Waals surface area contributed by atoms with Gasteiger partial charge < -0.3 is 9.88 Å². The van der Waals surface area contributed by atoms with Crippen LogP contribution in [0.4, 0.5) is 5.69 Å². The largest absolute Gasteiger partial charge is 0.321 e. The number of anilines is 1. The van der Waals surface area contributed by atoms with Crippen molar-refractivity contribution in [2.24, 2.45) is 7.05 Å². The SMILES string of the molecule is Cc1ccc(-c2nc(C(=O)Nc3ccc(Sc4nncn4C)cc3)cs2)cc1. The Labute approximate surface area is 170 Å². The van der Waals surface area contributed by atoms with E-state index in [2.05, 4.69) is 20.5 Å². The molecule has 2 aromatic heterocycles. The lowest BCUT2D eigenvalue weighted by Crippen LogP contribution is -2.12. The maximum absolute atomic E-state index is 12.5. The summed E-state index contributed by atoms with van der Waals surface area (Å²) in [5, 5.41) is 14.2. The van der Waals surface area contributed by atoms with Gasteiger partial charge in [0.1, 0.15) is 17.0 Å². The van der Waals surface area contributed by atoms with Crippen LogP contribution < -0.4 is 5.32 Å². The number of carbonyl (C=O) groups is 1. The lowest BCUT2D eigenvalue weighted by Gasteiger charge is -2.05. The minimum absolute atomic E-state index is 0.219. The van der Waals surface area contributed by atoms with Crippen molar-refractivity contribution in [2.75, 3.05) is 5.32 Å². The highest BCUT2D eigenvalue weighted by molar-refractivity contribution is 7.99. The van der Waals surface area contributed by atoms with Crippen LogP contribution in [-0.4, -0.2) is 25.7 Å². The molecule has 0 aliphatic heterocycles. The van der Waals surface area contributed by atoms with Gasteiger partial charge in [0.25, 0.3) is 5.91 Å². The van der Waals surface area contributed by atoms with Gasteiger partial charge in [-0.05, 0) is 43.0 Å². The number of carbonyl (C=O) groups excluding carboxylic acids is 1. The second-order valence-electron chi connectivity index (χ2n) is 6.21. The average molecular weight is 408 g/mol. The van der Waals surface area contributed by atoms with Gasteiger partial charge in [-0.2, -0.15) is 0 Å². The van der Waals surface area contributed by atoms with Crippen molar-refractivity contribution in [1.29, 1.82) is 0 Å². The van der Waals surface area contributed by atoms with Gasteiger partial charge >= 0.3 is 0 Å². The number of aromatic nitrogens is 4. The quantitative estimate of drug-likeness (QED) is 0.521. The van der Waals surface area contributed by atoms with E-state index in [1.165, 1.54) is 28.7 Å². The second-order valence-corrected chi connectivity index (χ2v) is 8.11. The first kappa shape index (κ1) is 18.4. The Morgan fingerprint density at radius 1 is 1.11 bits per heavy atom. The Balaban J connectivity index is 1.42. The number of hydrogen-bond acceptors (Lipinski definition) is 6. The molecule has 0 saturated heterocycles. The van der Waals surface area contributed by atoms with Gasteiger partial charge in [0.05, 0.1) is 0 Å². The van der Waals surface area contributed by atoms with E-state index >= 15 is 0 Å². The van der Waals surface area contributed by atoms with E-state index in [1.807, 2.05) is 67.1 Å². The summed E-state index contributed by atoms with van der Waals surface area (Å²) in [5.74, 6) is -0.219. The van der Waals surface area contributed by atoms with Gasteiger partial charge in [-0.15, -0.1) is 21.5 Å². The maximum Gasteiger partial charge on any atom is 0.275 e. The Morgan fingerprint density at radius 2 is 1.86 bits per heavy atom. The molecular formula is C20H17N5OS2. The molecule has 0 aliphatic carbocycles. The van der Waals surface area contributed by atoms with Gasteiger partial charge in [0.2, 0.25) is 0 Å². The van der Waals surface area contributed by atoms with E-state index < -0.39 is 0 Å². The Kier molecular flexibility index (Phi) is 5.23. The summed E-state index contributed by atoms with van der Waals surface area (Å²) in [5.41, 5.74) is 3.34. The predicted octanol–water partition coefficient (Wildman–Crippen LogP) is 4.65. The number of amides is 1. The molecule has 0 bridgehead atoms. The number of thiazole rings is 1. The molecule has 28 heavy (non-hydrogen) atoms. The van der Waals surface area contributed by atoms with E-state index in [9.17, 15) is 4.79 Å². The minimum Gasteiger partial charge on any atom is -0.321 e. The summed E-state index contributed by atoms with van der Waals surface area (Å²) < 4.78 is 1.86. The van der Waals surface area contributed by atoms with Crippen molar-refractivity contribution in [3.63, 3.8) is 0 Å². The molecule has 4 rings (SSSR count). The molecule has 140 valence electrons. The van der Waals surface area contributed by atoms with Crippen LogP contribution in [0.3, 0.4) is 0 Å². The first-order chi connectivity index (χ1) is 13.6. The molecule has 0 atom stereocenters. The molecule has 2 heterocycles. The molecule has 0 aliphatic rings. The van der Waals surface area contributed by atoms with Crippen LogP contribution in [0.15, 0.2) is 70.3 Å². The molecule has 4 aromatic rings. The van der Waals surface area contributed by atoms with Crippen LogP contribution in [0.5, 0.6) is 0 Å². The smallest absolute Gasteiger partial charge is 0.275 e. The summed E-state index contributed by atoms with van der Waals surface area (Å²) in [6.45, 7) is 2.04. The van der Waals surface area contributed by atoms with Gasteiger partial charge in [0, 0.05) is 28.6 Å². The molecule has 0 unspecified atom stereocenters. The number of benzene rings is 2. The molecule has 0 radical (unpaired) electrons. The highest BCUT2D eigenvalue weighted by Crippen LogP contribution is 2.27. The summed E-state index contributed by atoms with van der Waals surface area (Å²) in [7, 11) is 1.90. The Hall–Kier alpha value is -2.97. The van der Waals surface area contributed by atoms with Crippen LogP contribution in [0.1, 0.15) is 16.1 Å². The average Bonchev–Trinajstić information content (AvgIpc) is 3.34. The zero-order chi connectivity index (χ0) is 19.5. The highest BCUT2D eigenvalue weighted by Gasteiger charge is 2.12. The van der Waals surface area contributed by atoms with E-state index in [0.29, 0.717) is 5.69 Å². The van der Waals surface area contributed by atoms with Crippen LogP contribution >= 0.6 is 23.1 Å². The topological polar surface area (TPSA) is 72.7 Å². The molecule has 6 nitrogen and oxygen atoms in total. The van der Waals surface area contributed by atoms with Crippen molar-refractivity contribution in [3.05, 3.63) is 71.5 Å². The Bertz CT molecular complexity index is 1100. The second kappa shape index (κ2) is 7.95. The summed E-state index contributed by atoms with van der Waals surface area (Å²) in [6.07, 6.45) is 1.66. The third-order valence-electron chi connectivity index (χ3n) is 4.03. The number of nitrogens with zero attached hydrogens (tertiary/aromatic N) is 4. The van der Waals surface area contributed by atoms with Crippen LogP contribution in [-0.2, 0) is 7.05 Å². The van der Waals surface area contributed by atoms with E-state index in [0.717, 1.165) is 26.3 Å². The zero-order valence-corrected chi connectivity index (χ0v) is 16.9. The number of hydrogen-bond donors (Lipinski definition) is 1. The molecule has 0 spiro atoms. The van der Waals surface area contributed by atoms with E-state index in [-0.39, 0.29) is 5.91 Å². The van der Waals surface area contributed by atoms with Gasteiger partial charge in [0.15, 0.2) is 5.16 Å². The maximum atomic E-state index is 12.5. The fourth-order valence-electron chi connectivity index (χ4n) is 2.48. The molecular weight excluding hydrogens is 390 g/mol. The van der Waals surface area contributed by atoms with Crippen molar-refractivity contribution < 1.29 is 4.79 Å². The number of rotatable bonds is 5. The molecule has 2 aromatic carbocycles. The molecule has 1 N–H and O–H groups in total. The Morgan fingerprint density at radius 3 is 2.54 bits per heavy atom. The lowest BCUT2D eigenvalue weighted by atomic mass is 10.2. The summed E-state index contributed by atoms with van der Waals surface area (Å²) in [4.78, 5) is 18.0. The third-order valence-corrected chi connectivity index (χ3v) is 5.98. The summed E-state index contributed by atoms with van der Waals surface area (Å²) in [6, 6.07) is 15.7. The third kappa shape index (κ3) is 4.13. The zero-order valence-electron chi connectivity index (χ0n) is 15.3. The van der Waals surface area contributed by atoms with Gasteiger partial charge in [-0.25, -0.2) is 4.98 Å². The van der Waals surface area contributed by atoms with Gasteiger partial charge in [-0.1, -0.05) is 29.8 Å². The van der Waals surface area contributed by atoms with Crippen molar-refractivity contribution in [1.82, 2.24) is 19.7 Å².